The summed E-state index contributed by atoms with van der Waals surface area (Å²) < 4.78 is 0. The van der Waals surface area contributed by atoms with Gasteiger partial charge in [-0.05, 0) is 34.7 Å². The van der Waals surface area contributed by atoms with Crippen LogP contribution in [0.15, 0.2) is 9.98 Å². The van der Waals surface area contributed by atoms with Gasteiger partial charge in [-0.2, -0.15) is 0 Å². The lowest BCUT2D eigenvalue weighted by Gasteiger charge is -2.12. The van der Waals surface area contributed by atoms with Crippen LogP contribution in [0.3, 0.4) is 0 Å². The second-order valence-electron chi connectivity index (χ2n) is 3.66. The van der Waals surface area contributed by atoms with Crippen molar-refractivity contribution >= 4 is 11.4 Å². The second-order valence-corrected chi connectivity index (χ2v) is 3.66. The van der Waals surface area contributed by atoms with Crippen molar-refractivity contribution in [3.05, 3.63) is 0 Å². The average molecular weight is 199 g/mol. The monoisotopic (exact) mass is 199 g/mol. The molecule has 3 nitrogen and oxygen atoms in total. The zero-order valence-electron chi connectivity index (χ0n) is 9.46. The Labute approximate surface area is 88.9 Å². The van der Waals surface area contributed by atoms with Crippen molar-refractivity contribution < 1.29 is 0 Å². The van der Waals surface area contributed by atoms with Crippen LogP contribution in [-0.2, 0) is 0 Å². The van der Waals surface area contributed by atoms with Crippen molar-refractivity contribution in [1.82, 2.24) is 4.90 Å². The Morgan fingerprint density at radius 2 is 1.50 bits per heavy atom. The third-order valence-electron chi connectivity index (χ3n) is 1.54. The van der Waals surface area contributed by atoms with Crippen molar-refractivity contribution in [3.8, 4) is 0 Å². The maximum atomic E-state index is 4.32. The van der Waals surface area contributed by atoms with Crippen LogP contribution < -0.4 is 0 Å². The predicted molar refractivity (Wildman–Crippen MR) is 66.7 cm³/mol. The summed E-state index contributed by atoms with van der Waals surface area (Å²) in [5.41, 5.74) is 2.27. The number of hydrogen-bond acceptors (Lipinski definition) is 3. The quantitative estimate of drug-likeness (QED) is 0.625. The molecule has 0 unspecified atom stereocenters. The molecular formula is C11H25N3. The fraction of sp³-hybridized carbons (Fsp3) is 0.818. The topological polar surface area (TPSA) is 28.0 Å². The van der Waals surface area contributed by atoms with Gasteiger partial charge in [-0.1, -0.05) is 7.43 Å². The minimum atomic E-state index is 0. The van der Waals surface area contributed by atoms with Gasteiger partial charge in [0.1, 0.15) is 0 Å². The second kappa shape index (κ2) is 8.88. The molecule has 0 aliphatic rings. The van der Waals surface area contributed by atoms with Crippen LogP contribution in [0, 0.1) is 0 Å². The van der Waals surface area contributed by atoms with Gasteiger partial charge in [0.05, 0.1) is 13.2 Å². The molecule has 0 saturated heterocycles. The van der Waals surface area contributed by atoms with Gasteiger partial charge < -0.3 is 0 Å². The highest BCUT2D eigenvalue weighted by atomic mass is 15.2. The van der Waals surface area contributed by atoms with Gasteiger partial charge in [0.2, 0.25) is 0 Å². The molecule has 0 rings (SSSR count). The number of aliphatic imine (C=N–C) groups is 2. The fourth-order valence-electron chi connectivity index (χ4n) is 0.777. The van der Waals surface area contributed by atoms with Gasteiger partial charge in [0.25, 0.3) is 0 Å². The van der Waals surface area contributed by atoms with Crippen LogP contribution in [0.25, 0.3) is 0 Å². The Kier molecular flexibility index (Phi) is 9.99. The van der Waals surface area contributed by atoms with Crippen LogP contribution in [0.4, 0.5) is 0 Å². The van der Waals surface area contributed by atoms with Crippen molar-refractivity contribution in [3.63, 3.8) is 0 Å². The number of nitrogens with zero attached hydrogens (tertiary/aromatic N) is 3. The molecule has 0 atom stereocenters. The molecule has 0 saturated carbocycles. The summed E-state index contributed by atoms with van der Waals surface area (Å²) >= 11 is 0. The van der Waals surface area contributed by atoms with E-state index in [2.05, 4.69) is 21.9 Å². The molecule has 14 heavy (non-hydrogen) atoms. The number of likely N-dealkylation sites (N-methyl/N-ethyl adjacent to an activating group) is 1. The number of hydrogen-bond donors (Lipinski definition) is 0. The summed E-state index contributed by atoms with van der Waals surface area (Å²) in [6.45, 7) is 10.7. The van der Waals surface area contributed by atoms with Gasteiger partial charge in [-0.3, -0.25) is 14.9 Å². The lowest BCUT2D eigenvalue weighted by molar-refractivity contribution is 0.356. The van der Waals surface area contributed by atoms with Gasteiger partial charge in [0.15, 0.2) is 0 Å². The summed E-state index contributed by atoms with van der Waals surface area (Å²) in [6, 6.07) is 0. The van der Waals surface area contributed by atoms with Gasteiger partial charge >= 0.3 is 0 Å². The Hall–Kier alpha value is -0.700. The highest BCUT2D eigenvalue weighted by Crippen LogP contribution is 1.86. The normalized spacial score (nSPS) is 9.29. The van der Waals surface area contributed by atoms with E-state index in [1.165, 1.54) is 0 Å². The molecule has 0 aromatic heterocycles. The van der Waals surface area contributed by atoms with Gasteiger partial charge in [0, 0.05) is 18.0 Å². The molecule has 0 amide bonds. The van der Waals surface area contributed by atoms with Gasteiger partial charge in [-0.15, -0.1) is 0 Å². The molecule has 0 heterocycles. The largest absolute Gasteiger partial charge is 0.293 e. The third kappa shape index (κ3) is 11.3. The molecule has 0 spiro atoms. The van der Waals surface area contributed by atoms with Crippen molar-refractivity contribution in [2.45, 2.75) is 35.1 Å². The molecule has 0 radical (unpaired) electrons. The van der Waals surface area contributed by atoms with E-state index in [-0.39, 0.29) is 7.43 Å². The maximum absolute atomic E-state index is 4.32. The third-order valence-corrected chi connectivity index (χ3v) is 1.54. The fourth-order valence-corrected chi connectivity index (χ4v) is 0.777. The van der Waals surface area contributed by atoms with E-state index >= 15 is 0 Å². The Morgan fingerprint density at radius 1 is 1.00 bits per heavy atom. The first kappa shape index (κ1) is 15.8. The van der Waals surface area contributed by atoms with Crippen molar-refractivity contribution in [1.29, 1.82) is 0 Å². The van der Waals surface area contributed by atoms with Crippen LogP contribution in [0.5, 0.6) is 0 Å². The zero-order chi connectivity index (χ0) is 10.3. The molecule has 0 fully saturated rings. The maximum Gasteiger partial charge on any atom is 0.0906 e. The molecule has 0 aromatic rings. The summed E-state index contributed by atoms with van der Waals surface area (Å²) in [7, 11) is 2.06. The predicted octanol–water partition coefficient (Wildman–Crippen LogP) is 2.47. The molecular weight excluding hydrogens is 174 g/mol. The average Bonchev–Trinajstić information content (AvgIpc) is 2.00. The lowest BCUT2D eigenvalue weighted by Crippen LogP contribution is -2.22. The van der Waals surface area contributed by atoms with Crippen molar-refractivity contribution in [2.75, 3.05) is 26.8 Å². The Balaban J connectivity index is 0. The minimum Gasteiger partial charge on any atom is -0.293 e. The number of rotatable bonds is 5. The van der Waals surface area contributed by atoms with Crippen molar-refractivity contribution in [2.24, 2.45) is 9.98 Å². The minimum absolute atomic E-state index is 0. The SMILES string of the molecule is C.CC(C)=NCCN(C)CN=C(C)C. The van der Waals surface area contributed by atoms with E-state index in [0.29, 0.717) is 0 Å². The smallest absolute Gasteiger partial charge is 0.0906 e. The molecule has 0 aliphatic carbocycles. The van der Waals surface area contributed by atoms with E-state index in [0.717, 1.165) is 31.2 Å². The van der Waals surface area contributed by atoms with Crippen LogP contribution >= 0.6 is 0 Å². The van der Waals surface area contributed by atoms with Crippen LogP contribution in [-0.4, -0.2) is 43.1 Å². The van der Waals surface area contributed by atoms with Crippen LogP contribution in [0.1, 0.15) is 35.1 Å². The molecule has 3 heteroatoms. The summed E-state index contributed by atoms with van der Waals surface area (Å²) in [6.07, 6.45) is 0. The summed E-state index contributed by atoms with van der Waals surface area (Å²) in [5.74, 6) is 0. The molecule has 0 aromatic carbocycles. The molecule has 0 bridgehead atoms. The molecule has 0 N–H and O–H groups in total. The zero-order valence-corrected chi connectivity index (χ0v) is 9.46. The Morgan fingerprint density at radius 3 is 1.93 bits per heavy atom. The van der Waals surface area contributed by atoms with E-state index in [4.69, 9.17) is 0 Å². The lowest BCUT2D eigenvalue weighted by atomic mass is 10.5. The first-order valence-electron chi connectivity index (χ1n) is 4.66. The van der Waals surface area contributed by atoms with E-state index in [9.17, 15) is 0 Å². The van der Waals surface area contributed by atoms with E-state index < -0.39 is 0 Å². The highest BCUT2D eigenvalue weighted by molar-refractivity contribution is 5.79. The van der Waals surface area contributed by atoms with E-state index in [1.807, 2.05) is 27.7 Å². The summed E-state index contributed by atoms with van der Waals surface area (Å²) in [5, 5.41) is 0. The molecule has 84 valence electrons. The molecule has 0 aliphatic heterocycles. The van der Waals surface area contributed by atoms with E-state index in [1.54, 1.807) is 0 Å². The van der Waals surface area contributed by atoms with Gasteiger partial charge in [-0.25, -0.2) is 0 Å². The first-order chi connectivity index (χ1) is 6.02. The standard InChI is InChI=1S/C10H21N3.CH4/c1-9(2)11-6-7-13(5)8-12-10(3)4;/h6-8H2,1-5H3;1H4. The summed E-state index contributed by atoms with van der Waals surface area (Å²) in [4.78, 5) is 10.8. The van der Waals surface area contributed by atoms with Crippen LogP contribution in [0.2, 0.25) is 0 Å². The Bertz CT molecular complexity index is 187. The highest BCUT2D eigenvalue weighted by Gasteiger charge is 1.94. The first-order valence-corrected chi connectivity index (χ1v) is 4.66.